The van der Waals surface area contributed by atoms with E-state index in [1.807, 2.05) is 6.07 Å². The van der Waals surface area contributed by atoms with E-state index in [0.717, 1.165) is 36.3 Å². The van der Waals surface area contributed by atoms with Crippen LogP contribution in [0.1, 0.15) is 58.4 Å². The molecule has 0 radical (unpaired) electrons. The molecule has 1 spiro atoms. The minimum Gasteiger partial charge on any atom is -0.381 e. The summed E-state index contributed by atoms with van der Waals surface area (Å²) in [6.07, 6.45) is 2.93. The van der Waals surface area contributed by atoms with E-state index in [1.165, 1.54) is 0 Å². The molecular weight excluding hydrogens is 400 g/mol. The fourth-order valence-electron chi connectivity index (χ4n) is 5.58. The minimum absolute atomic E-state index is 0.0463. The number of fused-ring (bicyclic) bond motifs is 1. The molecular formula is C22H26N4O5. The van der Waals surface area contributed by atoms with Gasteiger partial charge in [-0.1, -0.05) is 12.1 Å². The maximum Gasteiger partial charge on any atom is 0.262 e. The summed E-state index contributed by atoms with van der Waals surface area (Å²) in [7, 11) is 0. The zero-order valence-electron chi connectivity index (χ0n) is 17.3. The second-order valence-corrected chi connectivity index (χ2v) is 8.97. The summed E-state index contributed by atoms with van der Waals surface area (Å²) in [5.41, 5.74) is 7.71. The summed E-state index contributed by atoms with van der Waals surface area (Å²) >= 11 is 0. The van der Waals surface area contributed by atoms with Gasteiger partial charge in [-0.15, -0.1) is 0 Å². The maximum atomic E-state index is 13.3. The Morgan fingerprint density at radius 1 is 1.13 bits per heavy atom. The van der Waals surface area contributed by atoms with Gasteiger partial charge >= 0.3 is 0 Å². The van der Waals surface area contributed by atoms with Crippen LogP contribution in [0, 0.1) is 0 Å². The lowest BCUT2D eigenvalue weighted by molar-refractivity contribution is -0.136. The van der Waals surface area contributed by atoms with E-state index in [4.69, 9.17) is 10.5 Å². The van der Waals surface area contributed by atoms with Gasteiger partial charge in [-0.05, 0) is 37.3 Å². The van der Waals surface area contributed by atoms with Crippen molar-refractivity contribution >= 4 is 23.6 Å². The SMILES string of the molecule is NC1CN(Cc2cccc3c2C(=O)N(C2CCC(=O)NC2=O)C3=O)C2(CCOCC2)C1. The van der Waals surface area contributed by atoms with E-state index in [9.17, 15) is 19.2 Å². The highest BCUT2D eigenvalue weighted by atomic mass is 16.5. The zero-order chi connectivity index (χ0) is 21.8. The molecule has 2 atom stereocenters. The quantitative estimate of drug-likeness (QED) is 0.661. The van der Waals surface area contributed by atoms with Gasteiger partial charge in [0.25, 0.3) is 11.8 Å². The minimum atomic E-state index is -0.958. The molecule has 3 fully saturated rings. The number of likely N-dealkylation sites (tertiary alicyclic amines) is 1. The van der Waals surface area contributed by atoms with Gasteiger partial charge in [0.05, 0.1) is 11.1 Å². The lowest BCUT2D eigenvalue weighted by Gasteiger charge is -2.41. The van der Waals surface area contributed by atoms with Crippen LogP contribution >= 0.6 is 0 Å². The fraction of sp³-hybridized carbons (Fsp3) is 0.545. The van der Waals surface area contributed by atoms with Gasteiger partial charge in [0, 0.05) is 44.3 Å². The van der Waals surface area contributed by atoms with E-state index < -0.39 is 23.8 Å². The second kappa shape index (κ2) is 7.51. The largest absolute Gasteiger partial charge is 0.381 e. The Labute approximate surface area is 179 Å². The predicted molar refractivity (Wildman–Crippen MR) is 109 cm³/mol. The molecule has 2 unspecified atom stereocenters. The number of benzene rings is 1. The van der Waals surface area contributed by atoms with Crippen molar-refractivity contribution in [2.24, 2.45) is 5.73 Å². The van der Waals surface area contributed by atoms with Crippen LogP contribution in [-0.2, 0) is 20.9 Å². The molecule has 4 aliphatic rings. The first-order chi connectivity index (χ1) is 14.9. The Morgan fingerprint density at radius 2 is 1.90 bits per heavy atom. The number of nitrogens with one attached hydrogen (secondary N) is 1. The molecule has 4 heterocycles. The molecule has 9 heteroatoms. The van der Waals surface area contributed by atoms with E-state index in [2.05, 4.69) is 10.2 Å². The molecule has 1 aromatic rings. The third-order valence-corrected chi connectivity index (χ3v) is 7.11. The third kappa shape index (κ3) is 3.28. The van der Waals surface area contributed by atoms with Crippen molar-refractivity contribution in [1.82, 2.24) is 15.1 Å². The summed E-state index contributed by atoms with van der Waals surface area (Å²) in [5, 5.41) is 2.23. The third-order valence-electron chi connectivity index (χ3n) is 7.11. The molecule has 9 nitrogen and oxygen atoms in total. The second-order valence-electron chi connectivity index (χ2n) is 8.97. The Morgan fingerprint density at radius 3 is 2.65 bits per heavy atom. The molecule has 1 aromatic carbocycles. The van der Waals surface area contributed by atoms with Crippen molar-refractivity contribution in [3.05, 3.63) is 34.9 Å². The molecule has 3 N–H and O–H groups in total. The predicted octanol–water partition coefficient (Wildman–Crippen LogP) is 0.170. The molecule has 3 saturated heterocycles. The van der Waals surface area contributed by atoms with Crippen molar-refractivity contribution in [2.75, 3.05) is 19.8 Å². The van der Waals surface area contributed by atoms with Crippen molar-refractivity contribution < 1.29 is 23.9 Å². The first-order valence-corrected chi connectivity index (χ1v) is 10.8. The number of hydrogen-bond donors (Lipinski definition) is 2. The Balaban J connectivity index is 1.45. The Bertz CT molecular complexity index is 971. The average Bonchev–Trinajstić information content (AvgIpc) is 3.17. The number of nitrogens with two attached hydrogens (primary N) is 1. The van der Waals surface area contributed by atoms with Crippen LogP contribution in [0.2, 0.25) is 0 Å². The van der Waals surface area contributed by atoms with Crippen molar-refractivity contribution in [2.45, 2.75) is 56.3 Å². The number of nitrogens with zero attached hydrogens (tertiary/aromatic N) is 2. The van der Waals surface area contributed by atoms with E-state index in [0.29, 0.717) is 30.9 Å². The van der Waals surface area contributed by atoms with E-state index in [1.54, 1.807) is 12.1 Å². The number of carbonyl (C=O) groups excluding carboxylic acids is 4. The molecule has 0 aromatic heterocycles. The summed E-state index contributed by atoms with van der Waals surface area (Å²) < 4.78 is 5.56. The highest BCUT2D eigenvalue weighted by molar-refractivity contribution is 6.24. The van der Waals surface area contributed by atoms with Gasteiger partial charge in [0.2, 0.25) is 11.8 Å². The summed E-state index contributed by atoms with van der Waals surface area (Å²) in [5.74, 6) is -1.92. The number of ether oxygens (including phenoxy) is 1. The Hall–Kier alpha value is -2.62. The highest BCUT2D eigenvalue weighted by Gasteiger charge is 2.48. The van der Waals surface area contributed by atoms with Gasteiger partial charge in [0.15, 0.2) is 0 Å². The van der Waals surface area contributed by atoms with Crippen LogP contribution in [0.25, 0.3) is 0 Å². The van der Waals surface area contributed by atoms with Crippen LogP contribution in [-0.4, -0.2) is 70.8 Å². The fourth-order valence-corrected chi connectivity index (χ4v) is 5.58. The van der Waals surface area contributed by atoms with Crippen molar-refractivity contribution in [3.63, 3.8) is 0 Å². The van der Waals surface area contributed by atoms with Crippen LogP contribution in [0.15, 0.2) is 18.2 Å². The van der Waals surface area contributed by atoms with Crippen molar-refractivity contribution in [3.8, 4) is 0 Å². The molecule has 4 aliphatic heterocycles. The van der Waals surface area contributed by atoms with E-state index >= 15 is 0 Å². The van der Waals surface area contributed by atoms with Crippen LogP contribution < -0.4 is 11.1 Å². The van der Waals surface area contributed by atoms with Gasteiger partial charge in [-0.25, -0.2) is 0 Å². The van der Waals surface area contributed by atoms with Crippen LogP contribution in [0.5, 0.6) is 0 Å². The van der Waals surface area contributed by atoms with Gasteiger partial charge in [0.1, 0.15) is 6.04 Å². The highest BCUT2D eigenvalue weighted by Crippen LogP contribution is 2.39. The summed E-state index contributed by atoms with van der Waals surface area (Å²) in [6, 6.07) is 4.38. The monoisotopic (exact) mass is 426 g/mol. The first-order valence-electron chi connectivity index (χ1n) is 10.8. The maximum absolute atomic E-state index is 13.3. The van der Waals surface area contributed by atoms with Crippen LogP contribution in [0.4, 0.5) is 0 Å². The molecule has 0 saturated carbocycles. The molecule has 31 heavy (non-hydrogen) atoms. The van der Waals surface area contributed by atoms with Crippen LogP contribution in [0.3, 0.4) is 0 Å². The number of carbonyl (C=O) groups is 4. The summed E-state index contributed by atoms with van der Waals surface area (Å²) in [4.78, 5) is 53.6. The normalized spacial score (nSPS) is 28.4. The first kappa shape index (κ1) is 20.3. The lowest BCUT2D eigenvalue weighted by atomic mass is 9.86. The molecule has 164 valence electrons. The van der Waals surface area contributed by atoms with Gasteiger partial charge in [-0.2, -0.15) is 0 Å². The molecule has 0 bridgehead atoms. The molecule has 5 rings (SSSR count). The number of amides is 4. The average molecular weight is 426 g/mol. The number of rotatable bonds is 3. The van der Waals surface area contributed by atoms with E-state index in [-0.39, 0.29) is 30.3 Å². The van der Waals surface area contributed by atoms with Crippen molar-refractivity contribution in [1.29, 1.82) is 0 Å². The topological polar surface area (TPSA) is 122 Å². The number of imide groups is 2. The zero-order valence-corrected chi connectivity index (χ0v) is 17.3. The smallest absolute Gasteiger partial charge is 0.262 e. The lowest BCUT2D eigenvalue weighted by Crippen LogP contribution is -2.54. The standard InChI is InChI=1S/C22H26N4O5/c23-14-10-22(6-8-31-9-7-22)25(12-14)11-13-2-1-3-15-18(13)21(30)26(20(15)29)16-4-5-17(27)24-19(16)28/h1-3,14,16H,4-12,23H2,(H,24,27,28). The Kier molecular flexibility index (Phi) is 4.91. The molecule has 4 amide bonds. The summed E-state index contributed by atoms with van der Waals surface area (Å²) in [6.45, 7) is 2.62. The van der Waals surface area contributed by atoms with Gasteiger partial charge in [-0.3, -0.25) is 34.3 Å². The number of piperidine rings is 1. The molecule has 0 aliphatic carbocycles. The number of hydrogen-bond acceptors (Lipinski definition) is 7. The van der Waals surface area contributed by atoms with Gasteiger partial charge < -0.3 is 10.5 Å².